The first-order valence-corrected chi connectivity index (χ1v) is 26.8. The number of likely N-dealkylation sites (tertiary alicyclic amines) is 1. The van der Waals surface area contributed by atoms with Crippen molar-refractivity contribution in [2.75, 3.05) is 46.1 Å². The first kappa shape index (κ1) is 57.3. The smallest absolute Gasteiger partial charge is 0.306 e. The Bertz CT molecular complexity index is 811. The molecule has 0 amide bonds. The maximum Gasteiger partial charge on any atom is 0.306 e. The molecule has 0 aliphatic carbocycles. The van der Waals surface area contributed by atoms with Crippen LogP contribution in [0.2, 0.25) is 0 Å². The molecule has 0 aromatic rings. The molecule has 7 heteroatoms. The van der Waals surface area contributed by atoms with Gasteiger partial charge in [0.15, 0.2) is 12.6 Å². The third kappa shape index (κ3) is 36.7. The summed E-state index contributed by atoms with van der Waals surface area (Å²) < 4.78 is 30.3. The van der Waals surface area contributed by atoms with Crippen LogP contribution < -0.4 is 0 Å². The van der Waals surface area contributed by atoms with Gasteiger partial charge < -0.3 is 28.6 Å². The van der Waals surface area contributed by atoms with Crippen molar-refractivity contribution in [1.29, 1.82) is 0 Å². The molecule has 1 saturated heterocycles. The van der Waals surface area contributed by atoms with Crippen molar-refractivity contribution in [1.82, 2.24) is 4.90 Å². The van der Waals surface area contributed by atoms with Gasteiger partial charge in [-0.05, 0) is 116 Å². The average Bonchev–Trinajstić information content (AvgIpc) is 3.76. The highest BCUT2D eigenvalue weighted by Gasteiger charge is 2.17. The first-order chi connectivity index (χ1) is 29.4. The van der Waals surface area contributed by atoms with Gasteiger partial charge in [0, 0.05) is 32.8 Å². The zero-order valence-corrected chi connectivity index (χ0v) is 41.3. The summed E-state index contributed by atoms with van der Waals surface area (Å²) in [5, 5.41) is 0. The predicted molar refractivity (Wildman–Crippen MR) is 256 cm³/mol. The fourth-order valence-electron chi connectivity index (χ4n) is 8.96. The third-order valence-electron chi connectivity index (χ3n) is 13.0. The maximum absolute atomic E-state index is 12.9. The number of carbonyl (C=O) groups is 1. The number of ether oxygens (including phenoxy) is 5. The molecular weight excluding hydrogens is 747 g/mol. The van der Waals surface area contributed by atoms with Gasteiger partial charge in [-0.3, -0.25) is 4.79 Å². The number of rotatable bonds is 47. The van der Waals surface area contributed by atoms with Crippen LogP contribution in [0.1, 0.15) is 260 Å². The van der Waals surface area contributed by atoms with E-state index in [4.69, 9.17) is 23.7 Å². The van der Waals surface area contributed by atoms with Crippen molar-refractivity contribution in [3.63, 3.8) is 0 Å². The molecule has 7 nitrogen and oxygen atoms in total. The zero-order valence-electron chi connectivity index (χ0n) is 41.3. The van der Waals surface area contributed by atoms with Crippen LogP contribution in [0.4, 0.5) is 0 Å². The van der Waals surface area contributed by atoms with Gasteiger partial charge in [-0.15, -0.1) is 0 Å². The van der Waals surface area contributed by atoms with Gasteiger partial charge in [0.1, 0.15) is 6.10 Å². The molecule has 0 spiro atoms. The molecular formula is C53H105NO6. The molecule has 0 bridgehead atoms. The largest absolute Gasteiger partial charge is 0.462 e. The second-order valence-electron chi connectivity index (χ2n) is 18.8. The molecule has 60 heavy (non-hydrogen) atoms. The summed E-state index contributed by atoms with van der Waals surface area (Å²) in [5.74, 6) is 1.61. The van der Waals surface area contributed by atoms with E-state index in [1.54, 1.807) is 0 Å². The van der Waals surface area contributed by atoms with E-state index in [1.807, 2.05) is 0 Å². The standard InChI is InChI=1S/C53H105NO6/c1-7-11-21-32-50(33-22-12-8-2)39-46-58-48(5)56-44-29-19-15-17-25-36-52(60-53(55)38-31-43-54-41-27-28-42-54)37-26-18-16-20-30-45-57-49(6)59-47-40-51(34-23-13-9-3)35-24-14-10-4/h48-52H,7-47H2,1-6H3. The van der Waals surface area contributed by atoms with Gasteiger partial charge in [-0.25, -0.2) is 0 Å². The number of esters is 1. The van der Waals surface area contributed by atoms with Gasteiger partial charge in [0.2, 0.25) is 0 Å². The molecule has 0 aromatic carbocycles. The van der Waals surface area contributed by atoms with E-state index in [1.165, 1.54) is 180 Å². The predicted octanol–water partition coefficient (Wildman–Crippen LogP) is 15.5. The van der Waals surface area contributed by atoms with Gasteiger partial charge in [-0.1, -0.05) is 169 Å². The Balaban J connectivity index is 2.26. The highest BCUT2D eigenvalue weighted by molar-refractivity contribution is 5.69. The highest BCUT2D eigenvalue weighted by Crippen LogP contribution is 2.23. The monoisotopic (exact) mass is 852 g/mol. The molecule has 358 valence electrons. The minimum Gasteiger partial charge on any atom is -0.462 e. The molecule has 2 unspecified atom stereocenters. The quantitative estimate of drug-likeness (QED) is 0.0343. The summed E-state index contributed by atoms with van der Waals surface area (Å²) in [6.07, 6.45) is 41.2. The SMILES string of the molecule is CCCCCC(CCCCC)CCOC(C)OCCCCCCCC(CCCCCCCOC(C)OCCC(CCCCC)CCCCC)OC(=O)CCCN1CCCC1. The molecule has 0 N–H and O–H groups in total. The summed E-state index contributed by atoms with van der Waals surface area (Å²) in [6.45, 7) is 19.9. The Morgan fingerprint density at radius 1 is 0.433 bits per heavy atom. The van der Waals surface area contributed by atoms with Gasteiger partial charge >= 0.3 is 5.97 Å². The minimum atomic E-state index is -0.118. The van der Waals surface area contributed by atoms with E-state index in [9.17, 15) is 4.79 Å². The molecule has 1 aliphatic rings. The molecule has 2 atom stereocenters. The lowest BCUT2D eigenvalue weighted by Crippen LogP contribution is -2.23. The Morgan fingerprint density at radius 3 is 1.22 bits per heavy atom. The molecule has 1 heterocycles. The fraction of sp³-hybridized carbons (Fsp3) is 0.981. The van der Waals surface area contributed by atoms with Crippen LogP contribution >= 0.6 is 0 Å². The molecule has 0 aromatic heterocycles. The number of hydrogen-bond acceptors (Lipinski definition) is 7. The number of nitrogens with zero attached hydrogens (tertiary/aromatic N) is 1. The Hall–Kier alpha value is -0.730. The molecule has 1 rings (SSSR count). The molecule has 0 saturated carbocycles. The second-order valence-corrected chi connectivity index (χ2v) is 18.8. The number of unbranched alkanes of at least 4 members (excludes halogenated alkanes) is 16. The summed E-state index contributed by atoms with van der Waals surface area (Å²) in [4.78, 5) is 15.4. The van der Waals surface area contributed by atoms with E-state index < -0.39 is 0 Å². The van der Waals surface area contributed by atoms with Crippen molar-refractivity contribution < 1.29 is 28.5 Å². The topological polar surface area (TPSA) is 66.5 Å². The van der Waals surface area contributed by atoms with Crippen LogP contribution in [-0.4, -0.2) is 75.6 Å². The van der Waals surface area contributed by atoms with E-state index >= 15 is 0 Å². The van der Waals surface area contributed by atoms with Crippen molar-refractivity contribution in [2.45, 2.75) is 279 Å². The summed E-state index contributed by atoms with van der Waals surface area (Å²) in [6, 6.07) is 0. The van der Waals surface area contributed by atoms with E-state index in [2.05, 4.69) is 46.4 Å². The van der Waals surface area contributed by atoms with Gasteiger partial charge in [-0.2, -0.15) is 0 Å². The lowest BCUT2D eigenvalue weighted by molar-refractivity contribution is -0.150. The van der Waals surface area contributed by atoms with E-state index in [0.717, 1.165) is 89.8 Å². The van der Waals surface area contributed by atoms with E-state index in [0.29, 0.717) is 6.42 Å². The van der Waals surface area contributed by atoms with Crippen LogP contribution in [0, 0.1) is 11.8 Å². The van der Waals surface area contributed by atoms with Crippen LogP contribution in [0.15, 0.2) is 0 Å². The second kappa shape index (κ2) is 43.5. The van der Waals surface area contributed by atoms with Gasteiger partial charge in [0.25, 0.3) is 0 Å². The molecule has 0 radical (unpaired) electrons. The fourth-order valence-corrected chi connectivity index (χ4v) is 8.96. The number of carbonyl (C=O) groups excluding carboxylic acids is 1. The van der Waals surface area contributed by atoms with Crippen molar-refractivity contribution in [3.05, 3.63) is 0 Å². The van der Waals surface area contributed by atoms with Gasteiger partial charge in [0.05, 0.1) is 0 Å². The van der Waals surface area contributed by atoms with E-state index in [-0.39, 0.29) is 24.7 Å². The number of hydrogen-bond donors (Lipinski definition) is 0. The van der Waals surface area contributed by atoms with Crippen molar-refractivity contribution in [2.24, 2.45) is 11.8 Å². The summed E-state index contributed by atoms with van der Waals surface area (Å²) in [5.41, 5.74) is 0. The first-order valence-electron chi connectivity index (χ1n) is 26.8. The normalized spacial score (nSPS) is 15.1. The van der Waals surface area contributed by atoms with Crippen LogP contribution in [0.5, 0.6) is 0 Å². The summed E-state index contributed by atoms with van der Waals surface area (Å²) >= 11 is 0. The van der Waals surface area contributed by atoms with Crippen LogP contribution in [-0.2, 0) is 28.5 Å². The lowest BCUT2D eigenvalue weighted by atomic mass is 9.92. The molecule has 1 fully saturated rings. The lowest BCUT2D eigenvalue weighted by Gasteiger charge is -2.20. The zero-order chi connectivity index (χ0) is 43.6. The Labute approximate surface area is 374 Å². The highest BCUT2D eigenvalue weighted by atomic mass is 16.7. The Morgan fingerprint density at radius 2 is 0.800 bits per heavy atom. The van der Waals surface area contributed by atoms with Crippen LogP contribution in [0.25, 0.3) is 0 Å². The van der Waals surface area contributed by atoms with Crippen molar-refractivity contribution in [3.8, 4) is 0 Å². The minimum absolute atomic E-state index is 0.00758. The maximum atomic E-state index is 12.9. The average molecular weight is 852 g/mol. The van der Waals surface area contributed by atoms with Crippen LogP contribution in [0.3, 0.4) is 0 Å². The Kier molecular flexibility index (Phi) is 41.5. The summed E-state index contributed by atoms with van der Waals surface area (Å²) in [7, 11) is 0. The molecule has 1 aliphatic heterocycles. The third-order valence-corrected chi connectivity index (χ3v) is 13.0. The van der Waals surface area contributed by atoms with Crippen molar-refractivity contribution >= 4 is 5.97 Å².